The second-order valence-corrected chi connectivity index (χ2v) is 7.23. The van der Waals surface area contributed by atoms with Gasteiger partial charge in [-0.1, -0.05) is 48.1 Å². The Labute approximate surface area is 124 Å². The highest BCUT2D eigenvalue weighted by Crippen LogP contribution is 2.28. The van der Waals surface area contributed by atoms with Crippen molar-refractivity contribution in [3.63, 3.8) is 0 Å². The van der Waals surface area contributed by atoms with Crippen LogP contribution in [-0.2, 0) is 4.79 Å². The van der Waals surface area contributed by atoms with E-state index in [2.05, 4.69) is 12.2 Å². The maximum absolute atomic E-state index is 11.8. The van der Waals surface area contributed by atoms with Gasteiger partial charge in [-0.05, 0) is 25.7 Å². The maximum Gasteiger partial charge on any atom is 0.262 e. The molecule has 0 aliphatic carbocycles. The van der Waals surface area contributed by atoms with Gasteiger partial charge in [0.15, 0.2) is 0 Å². The Bertz CT molecular complexity index is 263. The Balaban J connectivity index is 2.58. The third-order valence-electron chi connectivity index (χ3n) is 3.29. The lowest BCUT2D eigenvalue weighted by molar-refractivity contribution is -0.931. The monoisotopic (exact) mass is 315 g/mol. The maximum atomic E-state index is 11.8. The molecule has 1 amide bonds. The topological polar surface area (TPSA) is 33.5 Å². The molecule has 18 heavy (non-hydrogen) atoms. The summed E-state index contributed by atoms with van der Waals surface area (Å²) in [6.07, 6.45) is 5.39. The predicted molar refractivity (Wildman–Crippen MR) is 76.3 cm³/mol. The summed E-state index contributed by atoms with van der Waals surface area (Å²) < 4.78 is -1.45. The number of alkyl halides is 3. The van der Waals surface area contributed by atoms with E-state index < -0.39 is 9.96 Å². The lowest BCUT2D eigenvalue weighted by Crippen LogP contribution is -3.20. The minimum absolute atomic E-state index is 0.0220. The van der Waals surface area contributed by atoms with E-state index in [9.17, 15) is 4.79 Å². The molecule has 6 heteroatoms. The van der Waals surface area contributed by atoms with E-state index in [4.69, 9.17) is 34.8 Å². The average Bonchev–Trinajstić information content (AvgIpc) is 2.33. The van der Waals surface area contributed by atoms with Crippen molar-refractivity contribution in [1.29, 1.82) is 0 Å². The SMILES string of the molecule is CCCCC(=O)N[C@@H]([NH+]1CCCCC1)C(Cl)(Cl)Cl. The average molecular weight is 317 g/mol. The molecule has 0 radical (unpaired) electrons. The van der Waals surface area contributed by atoms with E-state index in [1.165, 1.54) is 11.3 Å². The van der Waals surface area contributed by atoms with Crippen molar-refractivity contribution in [3.05, 3.63) is 0 Å². The van der Waals surface area contributed by atoms with Crippen LogP contribution in [0.1, 0.15) is 45.4 Å². The van der Waals surface area contributed by atoms with Gasteiger partial charge in [0, 0.05) is 6.42 Å². The molecule has 0 aromatic rings. The summed E-state index contributed by atoms with van der Waals surface area (Å²) in [5, 5.41) is 2.89. The molecule has 0 saturated carbocycles. The number of carbonyl (C=O) groups is 1. The number of rotatable bonds is 5. The van der Waals surface area contributed by atoms with Gasteiger partial charge in [0.2, 0.25) is 12.1 Å². The first-order valence-electron chi connectivity index (χ1n) is 6.65. The Kier molecular flexibility index (Phi) is 7.07. The van der Waals surface area contributed by atoms with Gasteiger partial charge in [-0.2, -0.15) is 0 Å². The number of carbonyl (C=O) groups excluding carboxylic acids is 1. The van der Waals surface area contributed by atoms with Crippen molar-refractivity contribution in [2.45, 2.75) is 55.4 Å². The zero-order chi connectivity index (χ0) is 13.6. The summed E-state index contributed by atoms with van der Waals surface area (Å²) in [5.74, 6) is -0.0220. The number of hydrogen-bond acceptors (Lipinski definition) is 1. The van der Waals surface area contributed by atoms with Gasteiger partial charge < -0.3 is 10.2 Å². The quantitative estimate of drug-likeness (QED) is 0.748. The number of piperidine rings is 1. The first-order valence-corrected chi connectivity index (χ1v) is 7.79. The van der Waals surface area contributed by atoms with Crippen molar-refractivity contribution in [2.75, 3.05) is 13.1 Å². The van der Waals surface area contributed by atoms with Crippen molar-refractivity contribution < 1.29 is 9.69 Å². The highest BCUT2D eigenvalue weighted by Gasteiger charge is 2.42. The fraction of sp³-hybridized carbons (Fsp3) is 0.917. The number of likely N-dealkylation sites (tertiary alicyclic amines) is 1. The number of unbranched alkanes of at least 4 members (excludes halogenated alkanes) is 1. The Morgan fingerprint density at radius 1 is 1.28 bits per heavy atom. The molecule has 3 nitrogen and oxygen atoms in total. The zero-order valence-electron chi connectivity index (χ0n) is 10.8. The zero-order valence-corrected chi connectivity index (χ0v) is 13.0. The van der Waals surface area contributed by atoms with Gasteiger partial charge >= 0.3 is 0 Å². The van der Waals surface area contributed by atoms with Crippen LogP contribution < -0.4 is 10.2 Å². The highest BCUT2D eigenvalue weighted by atomic mass is 35.6. The molecule has 1 rings (SSSR count). The van der Waals surface area contributed by atoms with E-state index in [0.717, 1.165) is 38.8 Å². The molecule has 1 atom stereocenters. The van der Waals surface area contributed by atoms with E-state index in [1.54, 1.807) is 0 Å². The number of nitrogens with one attached hydrogen (secondary N) is 2. The second kappa shape index (κ2) is 7.78. The Morgan fingerprint density at radius 2 is 1.89 bits per heavy atom. The summed E-state index contributed by atoms with van der Waals surface area (Å²) in [4.78, 5) is 13.0. The molecular formula is C12H22Cl3N2O+. The fourth-order valence-electron chi connectivity index (χ4n) is 2.28. The molecule has 106 valence electrons. The number of amides is 1. The molecular weight excluding hydrogens is 295 g/mol. The number of quaternary nitrogens is 1. The Morgan fingerprint density at radius 3 is 2.39 bits per heavy atom. The van der Waals surface area contributed by atoms with E-state index in [0.29, 0.717) is 6.42 Å². The van der Waals surface area contributed by atoms with Crippen molar-refractivity contribution in [3.8, 4) is 0 Å². The number of hydrogen-bond donors (Lipinski definition) is 2. The van der Waals surface area contributed by atoms with Crippen LogP contribution in [0.5, 0.6) is 0 Å². The molecule has 2 N–H and O–H groups in total. The Hall–Kier alpha value is 0.300. The molecule has 0 aromatic carbocycles. The van der Waals surface area contributed by atoms with E-state index in [1.807, 2.05) is 0 Å². The van der Waals surface area contributed by atoms with Gasteiger partial charge in [0.25, 0.3) is 3.79 Å². The molecule has 1 aliphatic rings. The van der Waals surface area contributed by atoms with Crippen molar-refractivity contribution >= 4 is 40.7 Å². The van der Waals surface area contributed by atoms with Crippen molar-refractivity contribution in [2.24, 2.45) is 0 Å². The third-order valence-corrected chi connectivity index (χ3v) is 3.95. The van der Waals surface area contributed by atoms with Crippen LogP contribution in [0.4, 0.5) is 0 Å². The summed E-state index contributed by atoms with van der Waals surface area (Å²) in [7, 11) is 0. The van der Waals surface area contributed by atoms with Gasteiger partial charge in [0.1, 0.15) is 0 Å². The van der Waals surface area contributed by atoms with Gasteiger partial charge in [-0.25, -0.2) is 0 Å². The summed E-state index contributed by atoms with van der Waals surface area (Å²) in [6.45, 7) is 3.95. The molecule has 1 aliphatic heterocycles. The van der Waals surface area contributed by atoms with Crippen molar-refractivity contribution in [1.82, 2.24) is 5.32 Å². The van der Waals surface area contributed by atoms with Gasteiger partial charge in [-0.15, -0.1) is 0 Å². The fourth-order valence-corrected chi connectivity index (χ4v) is 2.91. The summed E-state index contributed by atoms with van der Waals surface area (Å²) in [6, 6.07) is 0. The minimum atomic E-state index is -1.45. The van der Waals surface area contributed by atoms with Gasteiger partial charge in [-0.3, -0.25) is 4.79 Å². The smallest absolute Gasteiger partial charge is 0.262 e. The summed E-state index contributed by atoms with van der Waals surface area (Å²) >= 11 is 18.0. The van der Waals surface area contributed by atoms with Crippen LogP contribution in [0.2, 0.25) is 0 Å². The molecule has 0 spiro atoms. The molecule has 0 unspecified atom stereocenters. The molecule has 1 fully saturated rings. The van der Waals surface area contributed by atoms with Crippen LogP contribution in [0.25, 0.3) is 0 Å². The first-order chi connectivity index (χ1) is 8.45. The molecule has 1 heterocycles. The summed E-state index contributed by atoms with van der Waals surface area (Å²) in [5.41, 5.74) is 0. The van der Waals surface area contributed by atoms with Crippen LogP contribution in [0, 0.1) is 0 Å². The number of halogens is 3. The molecule has 0 bridgehead atoms. The largest absolute Gasteiger partial charge is 0.312 e. The van der Waals surface area contributed by atoms with Crippen LogP contribution in [0.3, 0.4) is 0 Å². The van der Waals surface area contributed by atoms with Gasteiger partial charge in [0.05, 0.1) is 13.1 Å². The predicted octanol–water partition coefficient (Wildman–Crippen LogP) is 2.06. The van der Waals surface area contributed by atoms with Crippen LogP contribution >= 0.6 is 34.8 Å². The third kappa shape index (κ3) is 5.52. The molecule has 1 saturated heterocycles. The normalized spacial score (nSPS) is 19.6. The first kappa shape index (κ1) is 16.4. The minimum Gasteiger partial charge on any atom is -0.312 e. The van der Waals surface area contributed by atoms with E-state index in [-0.39, 0.29) is 5.91 Å². The lowest BCUT2D eigenvalue weighted by atomic mass is 10.1. The van der Waals surface area contributed by atoms with Crippen LogP contribution in [-0.4, -0.2) is 29.0 Å². The van der Waals surface area contributed by atoms with Crippen LogP contribution in [0.15, 0.2) is 0 Å². The standard InChI is InChI=1S/C12H21Cl3N2O/c1-2-3-7-10(18)16-11(12(13,14)15)17-8-5-4-6-9-17/h11H,2-9H2,1H3,(H,16,18)/p+1/t11-/m0/s1. The highest BCUT2D eigenvalue weighted by molar-refractivity contribution is 6.68. The molecule has 0 aromatic heterocycles. The second-order valence-electron chi connectivity index (χ2n) is 4.86. The lowest BCUT2D eigenvalue weighted by Gasteiger charge is -2.35. The van der Waals surface area contributed by atoms with E-state index >= 15 is 0 Å².